The van der Waals surface area contributed by atoms with E-state index in [1.54, 1.807) is 0 Å². The Bertz CT molecular complexity index is 1260. The fraction of sp³-hybridized carbons (Fsp3) is 0.552. The third kappa shape index (κ3) is 5.92. The number of nitrogens with two attached hydrogens (primary N) is 1. The Labute approximate surface area is 231 Å². The molecule has 3 heterocycles. The summed E-state index contributed by atoms with van der Waals surface area (Å²) < 4.78 is 1.08. The Kier molecular flexibility index (Phi) is 7.74. The SMILES string of the molecule is CC(C)(C)C1Cc2cc3nc(C(N)=O)sc3nc2C([C@@H](CCN2CCC(O)CC2)c2ccc(Br)cc2)C1. The molecule has 1 aliphatic heterocycles. The third-order valence-corrected chi connectivity index (χ3v) is 9.89. The number of aliphatic hydroxyl groups excluding tert-OH is 1. The van der Waals surface area contributed by atoms with Crippen LogP contribution in [-0.4, -0.2) is 51.6 Å². The van der Waals surface area contributed by atoms with Gasteiger partial charge in [0.1, 0.15) is 10.3 Å². The summed E-state index contributed by atoms with van der Waals surface area (Å²) in [5, 5.41) is 10.3. The number of hydrogen-bond donors (Lipinski definition) is 2. The standard InChI is InChI=1S/C29H37BrN4O2S/c1-29(2,3)19-14-18-15-24-27(37-28(32-24)26(31)36)33-25(18)23(16-19)22(17-4-6-20(30)7-5-17)10-13-34-11-8-21(35)9-12-34/h4-7,15,19,21-23,35H,8-14,16H2,1-3H3,(H2,31,36)/t19?,22-,23?/m0/s1. The van der Waals surface area contributed by atoms with Crippen molar-refractivity contribution in [3.05, 3.63) is 56.6 Å². The molecule has 2 aromatic heterocycles. The van der Waals surface area contributed by atoms with E-state index < -0.39 is 5.91 Å². The lowest BCUT2D eigenvalue weighted by molar-refractivity contribution is 0.0800. The smallest absolute Gasteiger partial charge is 0.277 e. The number of benzene rings is 1. The number of halogens is 1. The molecular formula is C29H37BrN4O2S. The number of nitrogens with zero attached hydrogens (tertiary/aromatic N) is 3. The molecule has 1 aromatic carbocycles. The van der Waals surface area contributed by atoms with Crippen LogP contribution in [0.4, 0.5) is 0 Å². The molecule has 2 aliphatic rings. The number of piperidine rings is 1. The Morgan fingerprint density at radius 2 is 1.92 bits per heavy atom. The van der Waals surface area contributed by atoms with Gasteiger partial charge in [-0.05, 0) is 85.2 Å². The van der Waals surface area contributed by atoms with Crippen LogP contribution >= 0.6 is 27.3 Å². The van der Waals surface area contributed by atoms with Crippen molar-refractivity contribution in [2.45, 2.75) is 70.8 Å². The maximum atomic E-state index is 11.8. The van der Waals surface area contributed by atoms with Crippen molar-refractivity contribution >= 4 is 43.5 Å². The molecule has 0 radical (unpaired) electrons. The monoisotopic (exact) mass is 584 g/mol. The highest BCUT2D eigenvalue weighted by molar-refractivity contribution is 9.10. The van der Waals surface area contributed by atoms with Gasteiger partial charge in [0.15, 0.2) is 5.01 Å². The highest BCUT2D eigenvalue weighted by Gasteiger charge is 2.39. The van der Waals surface area contributed by atoms with E-state index in [2.05, 4.69) is 76.9 Å². The van der Waals surface area contributed by atoms with Crippen LogP contribution in [0.25, 0.3) is 10.3 Å². The van der Waals surface area contributed by atoms with Crippen LogP contribution in [-0.2, 0) is 6.42 Å². The maximum Gasteiger partial charge on any atom is 0.277 e. The van der Waals surface area contributed by atoms with Gasteiger partial charge >= 0.3 is 0 Å². The Hall–Kier alpha value is -1.87. The molecule has 1 fully saturated rings. The van der Waals surface area contributed by atoms with Crippen molar-refractivity contribution in [2.24, 2.45) is 17.1 Å². The van der Waals surface area contributed by atoms with Gasteiger partial charge in [-0.25, -0.2) is 9.97 Å². The lowest BCUT2D eigenvalue weighted by Crippen LogP contribution is -2.37. The van der Waals surface area contributed by atoms with Gasteiger partial charge in [-0.1, -0.05) is 60.2 Å². The molecule has 2 unspecified atom stereocenters. The molecule has 37 heavy (non-hydrogen) atoms. The number of aliphatic hydroxyl groups is 1. The number of carbonyl (C=O) groups is 1. The van der Waals surface area contributed by atoms with E-state index in [0.717, 1.165) is 72.3 Å². The molecule has 0 spiro atoms. The first kappa shape index (κ1) is 26.7. The second-order valence-electron chi connectivity index (χ2n) is 11.9. The average molecular weight is 586 g/mol. The van der Waals surface area contributed by atoms with Crippen molar-refractivity contribution in [1.29, 1.82) is 0 Å². The predicted molar refractivity (Wildman–Crippen MR) is 153 cm³/mol. The molecule has 0 bridgehead atoms. The van der Waals surface area contributed by atoms with Gasteiger partial charge in [0, 0.05) is 29.2 Å². The molecule has 3 aromatic rings. The number of likely N-dealkylation sites (tertiary alicyclic amines) is 1. The van der Waals surface area contributed by atoms with E-state index in [-0.39, 0.29) is 17.4 Å². The van der Waals surface area contributed by atoms with Gasteiger partial charge in [-0.15, -0.1) is 0 Å². The summed E-state index contributed by atoms with van der Waals surface area (Å²) in [6.45, 7) is 9.94. The fourth-order valence-corrected chi connectivity index (χ4v) is 7.11. The lowest BCUT2D eigenvalue weighted by Gasteiger charge is -2.42. The van der Waals surface area contributed by atoms with Gasteiger partial charge in [-0.3, -0.25) is 4.79 Å². The minimum absolute atomic E-state index is 0.160. The van der Waals surface area contributed by atoms with Crippen molar-refractivity contribution in [1.82, 2.24) is 14.9 Å². The largest absolute Gasteiger partial charge is 0.393 e. The zero-order chi connectivity index (χ0) is 26.3. The predicted octanol–water partition coefficient (Wildman–Crippen LogP) is 5.88. The van der Waals surface area contributed by atoms with Gasteiger partial charge in [-0.2, -0.15) is 0 Å². The highest BCUT2D eigenvalue weighted by Crippen LogP contribution is 2.49. The maximum absolute atomic E-state index is 11.8. The summed E-state index contributed by atoms with van der Waals surface area (Å²) in [6, 6.07) is 11.0. The van der Waals surface area contributed by atoms with Gasteiger partial charge < -0.3 is 15.7 Å². The van der Waals surface area contributed by atoms with Crippen molar-refractivity contribution < 1.29 is 9.90 Å². The number of hydrogen-bond acceptors (Lipinski definition) is 6. The lowest BCUT2D eigenvalue weighted by atomic mass is 9.64. The number of fused-ring (bicyclic) bond motifs is 2. The number of thiazole rings is 1. The quantitative estimate of drug-likeness (QED) is 0.377. The summed E-state index contributed by atoms with van der Waals surface area (Å²) in [5.41, 5.74) is 10.3. The summed E-state index contributed by atoms with van der Waals surface area (Å²) in [6.07, 6.45) is 4.64. The molecule has 1 amide bonds. The highest BCUT2D eigenvalue weighted by atomic mass is 79.9. The van der Waals surface area contributed by atoms with Crippen molar-refractivity contribution in [3.63, 3.8) is 0 Å². The zero-order valence-corrected chi connectivity index (χ0v) is 24.3. The van der Waals surface area contributed by atoms with Crippen molar-refractivity contribution in [3.8, 4) is 0 Å². The minimum Gasteiger partial charge on any atom is -0.393 e. The number of rotatable bonds is 6. The Morgan fingerprint density at radius 1 is 1.22 bits per heavy atom. The van der Waals surface area contributed by atoms with Crippen LogP contribution in [0.2, 0.25) is 0 Å². The van der Waals surface area contributed by atoms with E-state index in [1.165, 1.54) is 22.5 Å². The Morgan fingerprint density at radius 3 is 2.57 bits per heavy atom. The molecule has 0 saturated carbocycles. The van der Waals surface area contributed by atoms with Crippen LogP contribution in [0.5, 0.6) is 0 Å². The first-order valence-corrected chi connectivity index (χ1v) is 15.0. The van der Waals surface area contributed by atoms with Crippen LogP contribution in [0, 0.1) is 11.3 Å². The topological polar surface area (TPSA) is 92.3 Å². The molecule has 1 aliphatic carbocycles. The van der Waals surface area contributed by atoms with Crippen LogP contribution in [0.15, 0.2) is 34.8 Å². The number of pyridine rings is 1. The zero-order valence-electron chi connectivity index (χ0n) is 21.9. The number of carbonyl (C=O) groups excluding carboxylic acids is 1. The van der Waals surface area contributed by atoms with E-state index in [9.17, 15) is 9.90 Å². The average Bonchev–Trinajstić information content (AvgIpc) is 3.27. The molecule has 3 N–H and O–H groups in total. The molecule has 198 valence electrons. The van der Waals surface area contributed by atoms with Gasteiger partial charge in [0.25, 0.3) is 5.91 Å². The van der Waals surface area contributed by atoms with Crippen LogP contribution < -0.4 is 5.73 Å². The fourth-order valence-electron chi connectivity index (χ4n) is 6.06. The molecule has 5 rings (SSSR count). The molecule has 3 atom stereocenters. The minimum atomic E-state index is -0.496. The Balaban J connectivity index is 1.55. The summed E-state index contributed by atoms with van der Waals surface area (Å²) in [5.74, 6) is 0.608. The van der Waals surface area contributed by atoms with Crippen LogP contribution in [0.3, 0.4) is 0 Å². The van der Waals surface area contributed by atoms with Gasteiger partial charge in [0.05, 0.1) is 6.10 Å². The number of primary amides is 1. The first-order chi connectivity index (χ1) is 17.6. The molecular weight excluding hydrogens is 548 g/mol. The van der Waals surface area contributed by atoms with E-state index in [0.29, 0.717) is 16.8 Å². The first-order valence-electron chi connectivity index (χ1n) is 13.3. The molecule has 6 nitrogen and oxygen atoms in total. The third-order valence-electron chi connectivity index (χ3n) is 8.39. The molecule has 1 saturated heterocycles. The summed E-state index contributed by atoms with van der Waals surface area (Å²) in [7, 11) is 0. The summed E-state index contributed by atoms with van der Waals surface area (Å²) in [4.78, 5) is 24.8. The second kappa shape index (κ2) is 10.7. The molecule has 8 heteroatoms. The van der Waals surface area contributed by atoms with Gasteiger partial charge in [0.2, 0.25) is 0 Å². The number of amides is 1. The van der Waals surface area contributed by atoms with Crippen LogP contribution in [0.1, 0.15) is 84.9 Å². The normalized spacial score (nSPS) is 22.2. The van der Waals surface area contributed by atoms with Crippen molar-refractivity contribution in [2.75, 3.05) is 19.6 Å². The summed E-state index contributed by atoms with van der Waals surface area (Å²) >= 11 is 4.91. The van der Waals surface area contributed by atoms with E-state index in [1.807, 2.05) is 0 Å². The number of aromatic nitrogens is 2. The van der Waals surface area contributed by atoms with E-state index in [4.69, 9.17) is 10.7 Å². The second-order valence-corrected chi connectivity index (χ2v) is 13.8. The van der Waals surface area contributed by atoms with E-state index >= 15 is 0 Å².